The highest BCUT2D eigenvalue weighted by Gasteiger charge is 2.38. The van der Waals surface area contributed by atoms with Gasteiger partial charge in [0.25, 0.3) is 15.9 Å². The third-order valence-electron chi connectivity index (χ3n) is 5.70. The lowest BCUT2D eigenvalue weighted by molar-refractivity contribution is -0.166. The molecule has 1 N–H and O–H groups in total. The van der Waals surface area contributed by atoms with Crippen LogP contribution in [0.5, 0.6) is 0 Å². The summed E-state index contributed by atoms with van der Waals surface area (Å²) in [4.78, 5) is 15.8. The van der Waals surface area contributed by atoms with Crippen LogP contribution in [0.25, 0.3) is 10.4 Å². The summed E-state index contributed by atoms with van der Waals surface area (Å²) in [7, 11) is -3.99. The van der Waals surface area contributed by atoms with Crippen molar-refractivity contribution in [1.82, 2.24) is 14.3 Å². The molecule has 2 aliphatic rings. The number of ether oxygens (including phenoxy) is 1. The first kappa shape index (κ1) is 24.3. The van der Waals surface area contributed by atoms with Crippen LogP contribution in [0.15, 0.2) is 52.8 Å². The van der Waals surface area contributed by atoms with Crippen molar-refractivity contribution < 1.29 is 23.2 Å². The molecule has 1 unspecified atom stereocenters. The van der Waals surface area contributed by atoms with Crippen LogP contribution in [-0.4, -0.2) is 85.8 Å². The SMILES string of the molecule is O=C1C(N(CCN2CCOCC2)S(=O)(=O)c2ccc(-c3ccc(Cl)cc3)s2)CC=CCN1O. The minimum absolute atomic E-state index is 0.0341. The van der Waals surface area contributed by atoms with E-state index in [0.717, 1.165) is 21.8 Å². The molecule has 11 heteroatoms. The van der Waals surface area contributed by atoms with E-state index in [0.29, 0.717) is 42.9 Å². The van der Waals surface area contributed by atoms with E-state index >= 15 is 0 Å². The molecular weight excluding hydrogens is 486 g/mol. The molecule has 4 rings (SSSR count). The number of halogens is 1. The number of thiophene rings is 1. The summed E-state index contributed by atoms with van der Waals surface area (Å²) in [6.07, 6.45) is 3.60. The summed E-state index contributed by atoms with van der Waals surface area (Å²) in [5.74, 6) is -0.625. The third kappa shape index (κ3) is 5.65. The summed E-state index contributed by atoms with van der Waals surface area (Å²) in [6, 6.07) is 9.50. The second kappa shape index (κ2) is 10.6. The largest absolute Gasteiger partial charge is 0.379 e. The van der Waals surface area contributed by atoms with Crippen LogP contribution in [0, 0.1) is 0 Å². The fraction of sp³-hybridized carbons (Fsp3) is 0.409. The number of hydrogen-bond acceptors (Lipinski definition) is 7. The van der Waals surface area contributed by atoms with Gasteiger partial charge in [-0.3, -0.25) is 14.9 Å². The first-order valence-electron chi connectivity index (χ1n) is 10.7. The molecule has 178 valence electrons. The van der Waals surface area contributed by atoms with Gasteiger partial charge in [0.2, 0.25) is 0 Å². The van der Waals surface area contributed by atoms with Crippen LogP contribution in [-0.2, 0) is 19.6 Å². The second-order valence-electron chi connectivity index (χ2n) is 7.84. The minimum atomic E-state index is -3.99. The molecular formula is C22H26ClN3O5S2. The highest BCUT2D eigenvalue weighted by atomic mass is 35.5. The Morgan fingerprint density at radius 2 is 1.85 bits per heavy atom. The Bertz CT molecular complexity index is 1100. The fourth-order valence-corrected chi connectivity index (χ4v) is 7.01. The lowest BCUT2D eigenvalue weighted by atomic mass is 10.2. The molecule has 1 fully saturated rings. The maximum atomic E-state index is 13.8. The van der Waals surface area contributed by atoms with Crippen molar-refractivity contribution in [3.63, 3.8) is 0 Å². The minimum Gasteiger partial charge on any atom is -0.379 e. The predicted octanol–water partition coefficient (Wildman–Crippen LogP) is 2.94. The number of hydrogen-bond donors (Lipinski definition) is 1. The number of hydroxylamine groups is 2. The lowest BCUT2D eigenvalue weighted by Gasteiger charge is -2.33. The highest BCUT2D eigenvalue weighted by molar-refractivity contribution is 7.91. The van der Waals surface area contributed by atoms with E-state index in [9.17, 15) is 18.4 Å². The summed E-state index contributed by atoms with van der Waals surface area (Å²) < 4.78 is 34.3. The Labute approximate surface area is 202 Å². The van der Waals surface area contributed by atoms with Gasteiger partial charge in [-0.2, -0.15) is 4.31 Å². The van der Waals surface area contributed by atoms with Crippen LogP contribution < -0.4 is 0 Å². The molecule has 1 atom stereocenters. The quantitative estimate of drug-likeness (QED) is 0.454. The summed E-state index contributed by atoms with van der Waals surface area (Å²) >= 11 is 7.12. The number of morpholine rings is 1. The van der Waals surface area contributed by atoms with Crippen molar-refractivity contribution in [2.45, 2.75) is 16.7 Å². The van der Waals surface area contributed by atoms with E-state index in [2.05, 4.69) is 4.90 Å². The Hall–Kier alpha value is -1.79. The zero-order valence-electron chi connectivity index (χ0n) is 18.0. The van der Waals surface area contributed by atoms with E-state index in [1.807, 2.05) is 12.1 Å². The molecule has 1 saturated heterocycles. The monoisotopic (exact) mass is 511 g/mol. The van der Waals surface area contributed by atoms with Crippen molar-refractivity contribution in [3.05, 3.63) is 53.6 Å². The second-order valence-corrected chi connectivity index (χ2v) is 11.5. The molecule has 2 aliphatic heterocycles. The number of benzene rings is 1. The van der Waals surface area contributed by atoms with Crippen molar-refractivity contribution >= 4 is 38.9 Å². The van der Waals surface area contributed by atoms with Crippen LogP contribution in [0.1, 0.15) is 6.42 Å². The molecule has 1 aromatic heterocycles. The zero-order valence-corrected chi connectivity index (χ0v) is 20.4. The summed E-state index contributed by atoms with van der Waals surface area (Å²) in [5.41, 5.74) is 0.862. The normalized spacial score (nSPS) is 20.4. The maximum Gasteiger partial charge on any atom is 0.264 e. The van der Waals surface area contributed by atoms with Gasteiger partial charge in [0.05, 0.1) is 19.8 Å². The number of rotatable bonds is 7. The van der Waals surface area contributed by atoms with Gasteiger partial charge < -0.3 is 4.74 Å². The molecule has 0 aliphatic carbocycles. The zero-order chi connectivity index (χ0) is 23.4. The number of carbonyl (C=O) groups is 1. The molecule has 33 heavy (non-hydrogen) atoms. The first-order valence-corrected chi connectivity index (χ1v) is 13.3. The van der Waals surface area contributed by atoms with Gasteiger partial charge >= 0.3 is 0 Å². The van der Waals surface area contributed by atoms with Gasteiger partial charge in [0, 0.05) is 36.1 Å². The van der Waals surface area contributed by atoms with Crippen molar-refractivity contribution in [2.75, 3.05) is 45.9 Å². The Kier molecular flexibility index (Phi) is 7.85. The van der Waals surface area contributed by atoms with E-state index in [-0.39, 0.29) is 23.7 Å². The van der Waals surface area contributed by atoms with Crippen molar-refractivity contribution in [2.24, 2.45) is 0 Å². The van der Waals surface area contributed by atoms with Crippen molar-refractivity contribution in [3.8, 4) is 10.4 Å². The van der Waals surface area contributed by atoms with Crippen LogP contribution in [0.3, 0.4) is 0 Å². The van der Waals surface area contributed by atoms with Crippen LogP contribution in [0.2, 0.25) is 5.02 Å². The molecule has 2 aromatic rings. The Balaban J connectivity index is 1.63. The highest BCUT2D eigenvalue weighted by Crippen LogP contribution is 2.34. The number of amides is 1. The first-order chi connectivity index (χ1) is 15.9. The molecule has 0 radical (unpaired) electrons. The molecule has 8 nitrogen and oxygen atoms in total. The van der Waals surface area contributed by atoms with Gasteiger partial charge in [-0.05, 0) is 36.2 Å². The van der Waals surface area contributed by atoms with Crippen LogP contribution in [0.4, 0.5) is 0 Å². The molecule has 1 aromatic carbocycles. The molecule has 3 heterocycles. The Morgan fingerprint density at radius 3 is 2.58 bits per heavy atom. The van der Waals surface area contributed by atoms with Crippen molar-refractivity contribution in [1.29, 1.82) is 0 Å². The van der Waals surface area contributed by atoms with Gasteiger partial charge in [-0.25, -0.2) is 13.5 Å². The smallest absolute Gasteiger partial charge is 0.264 e. The lowest BCUT2D eigenvalue weighted by Crippen LogP contribution is -2.52. The molecule has 0 bridgehead atoms. The molecule has 1 amide bonds. The summed E-state index contributed by atoms with van der Waals surface area (Å²) in [5, 5.41) is 11.3. The van der Waals surface area contributed by atoms with E-state index < -0.39 is 22.0 Å². The standard InChI is InChI=1S/C22H26ClN3O5S2/c23-18-6-4-17(5-7-18)20-8-9-21(32-20)33(29,30)26(12-11-24-13-15-31-16-14-24)19-3-1-2-10-25(28)22(19)27/h1-2,4-9,19,28H,3,10-16H2. The number of nitrogens with zero attached hydrogens (tertiary/aromatic N) is 3. The fourth-order valence-electron chi connectivity index (χ4n) is 3.85. The average molecular weight is 512 g/mol. The third-order valence-corrected chi connectivity index (χ3v) is 9.47. The molecule has 0 saturated carbocycles. The van der Waals surface area contributed by atoms with Gasteiger partial charge in [0.1, 0.15) is 10.3 Å². The van der Waals surface area contributed by atoms with Crippen LogP contribution >= 0.6 is 22.9 Å². The van der Waals surface area contributed by atoms with E-state index in [4.69, 9.17) is 16.3 Å². The topological polar surface area (TPSA) is 90.4 Å². The Morgan fingerprint density at radius 1 is 1.12 bits per heavy atom. The maximum absolute atomic E-state index is 13.8. The van der Waals surface area contributed by atoms with E-state index in [1.54, 1.807) is 36.4 Å². The van der Waals surface area contributed by atoms with Gasteiger partial charge in [-0.1, -0.05) is 35.9 Å². The number of carbonyl (C=O) groups excluding carboxylic acids is 1. The van der Waals surface area contributed by atoms with Gasteiger partial charge in [-0.15, -0.1) is 11.3 Å². The van der Waals surface area contributed by atoms with Gasteiger partial charge in [0.15, 0.2) is 0 Å². The number of sulfonamides is 1. The molecule has 0 spiro atoms. The summed E-state index contributed by atoms with van der Waals surface area (Å²) in [6.45, 7) is 3.24. The average Bonchev–Trinajstić information content (AvgIpc) is 3.26. The predicted molar refractivity (Wildman–Crippen MR) is 127 cm³/mol. The van der Waals surface area contributed by atoms with E-state index in [1.165, 1.54) is 4.31 Å².